The Morgan fingerprint density at radius 3 is 1.12 bits per heavy atom. The SMILES string of the molecule is Cc1ccc(CCCCCCCCCCCC(CCCCCCCCCCCc2ccc(C)cc2O)=NO)c(O)c1. The van der Waals surface area contributed by atoms with Gasteiger partial charge in [-0.25, -0.2) is 0 Å². The summed E-state index contributed by atoms with van der Waals surface area (Å²) in [6.07, 6.45) is 26.4. The summed E-state index contributed by atoms with van der Waals surface area (Å²) in [5, 5.41) is 33.0. The third kappa shape index (κ3) is 16.5. The van der Waals surface area contributed by atoms with Gasteiger partial charge in [-0.2, -0.15) is 0 Å². The van der Waals surface area contributed by atoms with Crippen LogP contribution in [0, 0.1) is 13.8 Å². The van der Waals surface area contributed by atoms with Gasteiger partial charge in [0.2, 0.25) is 0 Å². The Morgan fingerprint density at radius 2 is 0.805 bits per heavy atom. The second kappa shape index (κ2) is 22.2. The molecule has 2 aromatic rings. The highest BCUT2D eigenvalue weighted by atomic mass is 16.4. The molecule has 230 valence electrons. The fraction of sp³-hybridized carbons (Fsp3) is 0.649. The maximum absolute atomic E-state index is 10.0. The number of phenols is 2. The van der Waals surface area contributed by atoms with Crippen LogP contribution in [0.4, 0.5) is 0 Å². The summed E-state index contributed by atoms with van der Waals surface area (Å²) in [6.45, 7) is 4.03. The van der Waals surface area contributed by atoms with Gasteiger partial charge < -0.3 is 15.4 Å². The van der Waals surface area contributed by atoms with Crippen molar-refractivity contribution in [1.82, 2.24) is 0 Å². The zero-order chi connectivity index (χ0) is 29.5. The lowest BCUT2D eigenvalue weighted by Gasteiger charge is -2.07. The highest BCUT2D eigenvalue weighted by Gasteiger charge is 2.04. The molecular formula is C37H59NO3. The van der Waals surface area contributed by atoms with Crippen LogP contribution in [0.3, 0.4) is 0 Å². The fourth-order valence-corrected chi connectivity index (χ4v) is 5.76. The first kappa shape index (κ1) is 34.7. The topological polar surface area (TPSA) is 73.1 Å². The molecule has 0 heterocycles. The summed E-state index contributed by atoms with van der Waals surface area (Å²) in [6, 6.07) is 12.0. The number of phenolic OH excluding ortho intramolecular Hbond substituents is 2. The molecule has 0 radical (unpaired) electrons. The van der Waals surface area contributed by atoms with E-state index in [1.807, 2.05) is 26.0 Å². The average molecular weight is 566 g/mol. The van der Waals surface area contributed by atoms with Crippen molar-refractivity contribution in [2.45, 2.75) is 155 Å². The monoisotopic (exact) mass is 565 g/mol. The molecule has 2 rings (SSSR count). The molecule has 41 heavy (non-hydrogen) atoms. The maximum atomic E-state index is 10.0. The number of oxime groups is 1. The van der Waals surface area contributed by atoms with Crippen molar-refractivity contribution >= 4 is 5.71 Å². The van der Waals surface area contributed by atoms with Gasteiger partial charge in [-0.15, -0.1) is 0 Å². The smallest absolute Gasteiger partial charge is 0.119 e. The second-order valence-corrected chi connectivity index (χ2v) is 12.3. The number of nitrogens with zero attached hydrogens (tertiary/aromatic N) is 1. The van der Waals surface area contributed by atoms with E-state index in [1.165, 1.54) is 89.9 Å². The van der Waals surface area contributed by atoms with Crippen molar-refractivity contribution in [2.24, 2.45) is 5.16 Å². The van der Waals surface area contributed by atoms with Crippen molar-refractivity contribution < 1.29 is 15.4 Å². The lowest BCUT2D eigenvalue weighted by molar-refractivity contribution is 0.315. The summed E-state index contributed by atoms with van der Waals surface area (Å²) < 4.78 is 0. The normalized spacial score (nSPS) is 11.2. The van der Waals surface area contributed by atoms with Crippen LogP contribution in [0.5, 0.6) is 11.5 Å². The Hall–Kier alpha value is -2.49. The van der Waals surface area contributed by atoms with Crippen LogP contribution in [-0.2, 0) is 12.8 Å². The predicted molar refractivity (Wildman–Crippen MR) is 175 cm³/mol. The van der Waals surface area contributed by atoms with Gasteiger partial charge in [-0.1, -0.05) is 119 Å². The van der Waals surface area contributed by atoms with E-state index in [-0.39, 0.29) is 0 Å². The van der Waals surface area contributed by atoms with Crippen LogP contribution in [0.25, 0.3) is 0 Å². The minimum absolute atomic E-state index is 0.450. The van der Waals surface area contributed by atoms with Crippen LogP contribution in [-0.4, -0.2) is 21.1 Å². The summed E-state index contributed by atoms with van der Waals surface area (Å²) in [7, 11) is 0. The molecule has 3 N–H and O–H groups in total. The van der Waals surface area contributed by atoms with Crippen molar-refractivity contribution in [1.29, 1.82) is 0 Å². The first-order valence-corrected chi connectivity index (χ1v) is 16.8. The van der Waals surface area contributed by atoms with Gasteiger partial charge in [-0.05, 0) is 99.6 Å². The van der Waals surface area contributed by atoms with E-state index in [1.54, 1.807) is 0 Å². The van der Waals surface area contributed by atoms with E-state index < -0.39 is 0 Å². The number of hydrogen-bond acceptors (Lipinski definition) is 4. The molecule has 0 fully saturated rings. The number of rotatable bonds is 24. The highest BCUT2D eigenvalue weighted by Crippen LogP contribution is 2.22. The summed E-state index contributed by atoms with van der Waals surface area (Å²) in [5.74, 6) is 0.899. The number of hydrogen-bond donors (Lipinski definition) is 3. The first-order chi connectivity index (χ1) is 20.0. The van der Waals surface area contributed by atoms with Crippen molar-refractivity contribution in [2.75, 3.05) is 0 Å². The maximum Gasteiger partial charge on any atom is 0.119 e. The minimum atomic E-state index is 0.450. The average Bonchev–Trinajstić information content (AvgIpc) is 2.95. The van der Waals surface area contributed by atoms with E-state index >= 15 is 0 Å². The fourth-order valence-electron chi connectivity index (χ4n) is 5.76. The van der Waals surface area contributed by atoms with E-state index in [0.29, 0.717) is 11.5 Å². The van der Waals surface area contributed by atoms with Crippen molar-refractivity contribution in [3.8, 4) is 11.5 Å². The molecule has 0 atom stereocenters. The van der Waals surface area contributed by atoms with Gasteiger partial charge in [0.25, 0.3) is 0 Å². The molecule has 0 aromatic heterocycles. The molecule has 0 amide bonds. The summed E-state index contributed by atoms with van der Waals surface area (Å²) in [4.78, 5) is 0. The van der Waals surface area contributed by atoms with Gasteiger partial charge in [-0.3, -0.25) is 0 Å². The number of unbranched alkanes of at least 4 members (excludes halogenated alkanes) is 16. The summed E-state index contributed by atoms with van der Waals surface area (Å²) >= 11 is 0. The van der Waals surface area contributed by atoms with Gasteiger partial charge >= 0.3 is 0 Å². The molecule has 4 heteroatoms. The molecule has 0 unspecified atom stereocenters. The van der Waals surface area contributed by atoms with Gasteiger partial charge in [0.15, 0.2) is 0 Å². The lowest BCUT2D eigenvalue weighted by Crippen LogP contribution is -1.99. The summed E-state index contributed by atoms with van der Waals surface area (Å²) in [5.41, 5.74) is 5.38. The number of benzene rings is 2. The van der Waals surface area contributed by atoms with E-state index in [4.69, 9.17) is 0 Å². The van der Waals surface area contributed by atoms with Crippen LogP contribution in [0.2, 0.25) is 0 Å². The van der Waals surface area contributed by atoms with Crippen LogP contribution in [0.1, 0.15) is 151 Å². The zero-order valence-corrected chi connectivity index (χ0v) is 26.3. The molecule has 2 aromatic carbocycles. The number of aryl methyl sites for hydroxylation is 4. The molecule has 0 spiro atoms. The second-order valence-electron chi connectivity index (χ2n) is 12.3. The Bertz CT molecular complexity index is 909. The molecule has 4 nitrogen and oxygen atoms in total. The Kier molecular flexibility index (Phi) is 18.8. The van der Waals surface area contributed by atoms with E-state index in [2.05, 4.69) is 29.4 Å². The zero-order valence-electron chi connectivity index (χ0n) is 26.3. The van der Waals surface area contributed by atoms with Crippen LogP contribution in [0.15, 0.2) is 41.6 Å². The van der Waals surface area contributed by atoms with E-state index in [9.17, 15) is 15.4 Å². The molecule has 0 aliphatic carbocycles. The first-order valence-electron chi connectivity index (χ1n) is 16.8. The standard InChI is InChI=1S/C37H59NO3/c1-31-25-27-33(36(39)29-31)21-17-13-9-5-3-7-11-15-19-23-35(38-41)24-20-16-12-8-4-6-10-14-18-22-34-28-26-32(2)30-37(34)40/h25-30,39-41H,3-24H2,1-2H3. The van der Waals surface area contributed by atoms with Crippen molar-refractivity contribution in [3.05, 3.63) is 58.7 Å². The predicted octanol–water partition coefficient (Wildman–Crippen LogP) is 11.1. The van der Waals surface area contributed by atoms with Gasteiger partial charge in [0, 0.05) is 0 Å². The van der Waals surface area contributed by atoms with E-state index in [0.717, 1.165) is 79.3 Å². The molecule has 0 bridgehead atoms. The minimum Gasteiger partial charge on any atom is -0.508 e. The van der Waals surface area contributed by atoms with Gasteiger partial charge in [0.05, 0.1) is 5.71 Å². The molecule has 0 aliphatic rings. The third-order valence-electron chi connectivity index (χ3n) is 8.45. The largest absolute Gasteiger partial charge is 0.508 e. The Morgan fingerprint density at radius 1 is 0.488 bits per heavy atom. The third-order valence-corrected chi connectivity index (χ3v) is 8.45. The number of aromatic hydroxyl groups is 2. The molecule has 0 aliphatic heterocycles. The Labute approximate surface area is 251 Å². The van der Waals surface area contributed by atoms with Crippen LogP contribution < -0.4 is 0 Å². The lowest BCUT2D eigenvalue weighted by atomic mass is 10.0. The molecule has 0 saturated carbocycles. The van der Waals surface area contributed by atoms with Crippen molar-refractivity contribution in [3.63, 3.8) is 0 Å². The van der Waals surface area contributed by atoms with Crippen LogP contribution >= 0.6 is 0 Å². The highest BCUT2D eigenvalue weighted by molar-refractivity contribution is 5.83. The quantitative estimate of drug-likeness (QED) is 0.0513. The Balaban J connectivity index is 1.32. The molecule has 0 saturated heterocycles. The van der Waals surface area contributed by atoms with Gasteiger partial charge in [0.1, 0.15) is 11.5 Å². The molecular weight excluding hydrogens is 506 g/mol.